The van der Waals surface area contributed by atoms with Crippen LogP contribution in [0.2, 0.25) is 0 Å². The summed E-state index contributed by atoms with van der Waals surface area (Å²) in [6, 6.07) is 13.7. The molecule has 2 heterocycles. The molecule has 3 aromatic rings. The Bertz CT molecular complexity index is 1580. The molecule has 9 nitrogen and oxygen atoms in total. The highest BCUT2D eigenvalue weighted by atomic mass is 32.2. The number of sulfonamides is 2. The molecule has 1 saturated heterocycles. The zero-order valence-electron chi connectivity index (χ0n) is 21.7. The van der Waals surface area contributed by atoms with Gasteiger partial charge in [0.15, 0.2) is 0 Å². The first-order chi connectivity index (χ1) is 17.9. The summed E-state index contributed by atoms with van der Waals surface area (Å²) in [4.78, 5) is 17.7. The number of carbonyl (C=O) groups excluding carboxylic acids is 1. The second-order valence-corrected chi connectivity index (χ2v) is 14.7. The molecule has 1 aromatic heterocycles. The fourth-order valence-electron chi connectivity index (χ4n) is 4.61. The van der Waals surface area contributed by atoms with Gasteiger partial charge in [-0.1, -0.05) is 39.0 Å². The molecule has 5 rings (SSSR count). The third kappa shape index (κ3) is 5.20. The maximum atomic E-state index is 13.8. The van der Waals surface area contributed by atoms with Crippen molar-refractivity contribution >= 4 is 36.9 Å². The van der Waals surface area contributed by atoms with Gasteiger partial charge >= 0.3 is 0 Å². The smallest absolute Gasteiger partial charge is 0.243 e. The van der Waals surface area contributed by atoms with Gasteiger partial charge in [0.2, 0.25) is 26.0 Å². The lowest BCUT2D eigenvalue weighted by molar-refractivity contribution is -0.126. The molecule has 202 valence electrons. The van der Waals surface area contributed by atoms with Crippen molar-refractivity contribution in [1.29, 1.82) is 0 Å². The van der Waals surface area contributed by atoms with Crippen molar-refractivity contribution in [2.24, 2.45) is 0 Å². The van der Waals surface area contributed by atoms with E-state index >= 15 is 0 Å². The average molecular weight is 557 g/mol. The van der Waals surface area contributed by atoms with Crippen LogP contribution >= 0.6 is 0 Å². The molecule has 2 fully saturated rings. The maximum Gasteiger partial charge on any atom is 0.243 e. The lowest BCUT2D eigenvalue weighted by Crippen LogP contribution is -2.61. The van der Waals surface area contributed by atoms with E-state index < -0.39 is 32.0 Å². The first-order valence-corrected chi connectivity index (χ1v) is 15.5. The fraction of sp³-hybridized carbons (Fsp3) is 0.407. The molecule has 2 aromatic carbocycles. The van der Waals surface area contributed by atoms with Crippen LogP contribution < -0.4 is 5.32 Å². The minimum absolute atomic E-state index is 0.00396. The number of hydrogen-bond acceptors (Lipinski definition) is 6. The van der Waals surface area contributed by atoms with E-state index in [0.29, 0.717) is 10.9 Å². The Hall–Kier alpha value is -2.86. The number of carbonyl (C=O) groups is 1. The summed E-state index contributed by atoms with van der Waals surface area (Å²) in [6.07, 6.45) is 3.28. The summed E-state index contributed by atoms with van der Waals surface area (Å²) in [6.45, 7) is 5.67. The third-order valence-electron chi connectivity index (χ3n) is 7.06. The summed E-state index contributed by atoms with van der Waals surface area (Å²) in [7, 11) is -8.04. The van der Waals surface area contributed by atoms with E-state index in [1.807, 2.05) is 20.8 Å². The predicted octanol–water partition coefficient (Wildman–Crippen LogP) is 2.87. The van der Waals surface area contributed by atoms with Crippen LogP contribution in [-0.2, 0) is 30.3 Å². The van der Waals surface area contributed by atoms with Gasteiger partial charge < -0.3 is 5.32 Å². The van der Waals surface area contributed by atoms with Gasteiger partial charge in [-0.05, 0) is 60.2 Å². The summed E-state index contributed by atoms with van der Waals surface area (Å²) in [5.74, 6) is -0.485. The standard InChI is InChI=1S/C27H32N4O5S2/c1-27(2,3)20-6-10-22(11-7-20)37(33,34)30-15-16-31(25(18-30)26(32)29-21-8-9-21)38(35,36)23-12-13-24-19(17-23)5-4-14-28-24/h4-7,10-14,17,21,25H,8-9,15-16,18H2,1-3H3,(H,29,32). The van der Waals surface area contributed by atoms with E-state index in [-0.39, 0.29) is 40.9 Å². The van der Waals surface area contributed by atoms with Crippen molar-refractivity contribution in [3.8, 4) is 0 Å². The van der Waals surface area contributed by atoms with Gasteiger partial charge in [-0.25, -0.2) is 16.8 Å². The van der Waals surface area contributed by atoms with Crippen molar-refractivity contribution in [2.45, 2.75) is 60.9 Å². The number of nitrogens with one attached hydrogen (secondary N) is 1. The van der Waals surface area contributed by atoms with Gasteiger partial charge in [-0.3, -0.25) is 9.78 Å². The highest BCUT2D eigenvalue weighted by Crippen LogP contribution is 2.29. The highest BCUT2D eigenvalue weighted by Gasteiger charge is 2.44. The molecular formula is C27H32N4O5S2. The van der Waals surface area contributed by atoms with Crippen LogP contribution in [0.5, 0.6) is 0 Å². The molecule has 0 bridgehead atoms. The average Bonchev–Trinajstić information content (AvgIpc) is 3.71. The van der Waals surface area contributed by atoms with Gasteiger partial charge in [0.05, 0.1) is 15.3 Å². The highest BCUT2D eigenvalue weighted by molar-refractivity contribution is 7.89. The predicted molar refractivity (Wildman–Crippen MR) is 144 cm³/mol. The molecular weight excluding hydrogens is 524 g/mol. The summed E-state index contributed by atoms with van der Waals surface area (Å²) >= 11 is 0. The van der Waals surface area contributed by atoms with E-state index in [1.54, 1.807) is 48.7 Å². The molecule has 1 N–H and O–H groups in total. The summed E-state index contributed by atoms with van der Waals surface area (Å²) < 4.78 is 57.0. The van der Waals surface area contributed by atoms with Crippen LogP contribution in [0.25, 0.3) is 10.9 Å². The maximum absolute atomic E-state index is 13.8. The third-order valence-corrected chi connectivity index (χ3v) is 10.8. The van der Waals surface area contributed by atoms with Crippen molar-refractivity contribution in [1.82, 2.24) is 18.9 Å². The van der Waals surface area contributed by atoms with E-state index in [1.165, 1.54) is 16.4 Å². The second-order valence-electron chi connectivity index (χ2n) is 10.9. The molecule has 1 aliphatic carbocycles. The van der Waals surface area contributed by atoms with E-state index in [2.05, 4.69) is 10.3 Å². The number of nitrogens with zero attached hydrogens (tertiary/aromatic N) is 3. The lowest BCUT2D eigenvalue weighted by atomic mass is 9.87. The first kappa shape index (κ1) is 26.7. The molecule has 2 aliphatic rings. The van der Waals surface area contributed by atoms with E-state index in [0.717, 1.165) is 22.7 Å². The van der Waals surface area contributed by atoms with Crippen LogP contribution in [-0.4, -0.2) is 68.1 Å². The quantitative estimate of drug-likeness (QED) is 0.499. The second kappa shape index (κ2) is 9.71. The Kier molecular flexibility index (Phi) is 6.83. The van der Waals surface area contributed by atoms with Gasteiger partial charge in [0.1, 0.15) is 6.04 Å². The Morgan fingerprint density at radius 1 is 0.921 bits per heavy atom. The minimum atomic E-state index is -4.10. The van der Waals surface area contributed by atoms with Gasteiger partial charge in [-0.15, -0.1) is 0 Å². The number of rotatable bonds is 6. The molecule has 1 saturated carbocycles. The van der Waals surface area contributed by atoms with Gasteiger partial charge in [0.25, 0.3) is 0 Å². The number of aromatic nitrogens is 1. The molecule has 1 amide bonds. The van der Waals surface area contributed by atoms with Gasteiger partial charge in [0, 0.05) is 37.3 Å². The monoisotopic (exact) mass is 556 g/mol. The number of fused-ring (bicyclic) bond motifs is 1. The molecule has 1 atom stereocenters. The Labute approximate surface area is 224 Å². The minimum Gasteiger partial charge on any atom is -0.352 e. The summed E-state index contributed by atoms with van der Waals surface area (Å²) in [5.41, 5.74) is 1.52. The summed E-state index contributed by atoms with van der Waals surface area (Å²) in [5, 5.41) is 3.53. The molecule has 1 unspecified atom stereocenters. The lowest BCUT2D eigenvalue weighted by Gasteiger charge is -2.39. The zero-order chi connectivity index (χ0) is 27.3. The fourth-order valence-corrected chi connectivity index (χ4v) is 7.66. The number of benzene rings is 2. The molecule has 11 heteroatoms. The largest absolute Gasteiger partial charge is 0.352 e. The van der Waals surface area contributed by atoms with Crippen LogP contribution in [0.4, 0.5) is 0 Å². The number of hydrogen-bond donors (Lipinski definition) is 1. The molecule has 0 radical (unpaired) electrons. The Morgan fingerprint density at radius 3 is 2.26 bits per heavy atom. The van der Waals surface area contributed by atoms with Crippen molar-refractivity contribution in [2.75, 3.05) is 19.6 Å². The van der Waals surface area contributed by atoms with E-state index in [9.17, 15) is 21.6 Å². The molecule has 1 aliphatic heterocycles. The number of amides is 1. The normalized spacial score (nSPS) is 19.9. The zero-order valence-corrected chi connectivity index (χ0v) is 23.3. The topological polar surface area (TPSA) is 117 Å². The SMILES string of the molecule is CC(C)(C)c1ccc(S(=O)(=O)N2CCN(S(=O)(=O)c3ccc4ncccc4c3)C(C(=O)NC3CC3)C2)cc1. The molecule has 0 spiro atoms. The van der Waals surface area contributed by atoms with Crippen LogP contribution in [0.15, 0.2) is 70.6 Å². The van der Waals surface area contributed by atoms with Crippen LogP contribution in [0, 0.1) is 0 Å². The molecule has 38 heavy (non-hydrogen) atoms. The first-order valence-electron chi connectivity index (χ1n) is 12.6. The van der Waals surface area contributed by atoms with E-state index in [4.69, 9.17) is 0 Å². The van der Waals surface area contributed by atoms with Crippen LogP contribution in [0.1, 0.15) is 39.2 Å². The Morgan fingerprint density at radius 2 is 1.61 bits per heavy atom. The van der Waals surface area contributed by atoms with Crippen molar-refractivity contribution in [3.63, 3.8) is 0 Å². The van der Waals surface area contributed by atoms with Crippen molar-refractivity contribution in [3.05, 3.63) is 66.4 Å². The van der Waals surface area contributed by atoms with Crippen LogP contribution in [0.3, 0.4) is 0 Å². The number of pyridine rings is 1. The van der Waals surface area contributed by atoms with Crippen molar-refractivity contribution < 1.29 is 21.6 Å². The van der Waals surface area contributed by atoms with Gasteiger partial charge in [-0.2, -0.15) is 8.61 Å². The Balaban J connectivity index is 1.45. The number of piperazine rings is 1.